The molecule has 2 aromatic rings. The third-order valence-corrected chi connectivity index (χ3v) is 4.22. The van der Waals surface area contributed by atoms with Crippen molar-refractivity contribution in [2.45, 2.75) is 12.6 Å². The molecule has 1 aromatic heterocycles. The van der Waals surface area contributed by atoms with Gasteiger partial charge in [-0.25, -0.2) is 0 Å². The molecule has 0 spiro atoms. The van der Waals surface area contributed by atoms with Crippen LogP contribution in [0, 0.1) is 0 Å². The molecule has 2 heterocycles. The minimum Gasteiger partial charge on any atom is -0.497 e. The van der Waals surface area contributed by atoms with Crippen LogP contribution in [-0.2, 0) is 6.54 Å². The fraction of sp³-hybridized carbons (Fsp3) is 0.389. The first kappa shape index (κ1) is 18.5. The maximum absolute atomic E-state index is 5.38. The Morgan fingerprint density at radius 2 is 1.96 bits per heavy atom. The summed E-state index contributed by atoms with van der Waals surface area (Å²) in [4.78, 5) is 6.74. The van der Waals surface area contributed by atoms with Gasteiger partial charge in [0.15, 0.2) is 0 Å². The maximum Gasteiger partial charge on any atom is 0.122 e. The van der Waals surface area contributed by atoms with E-state index in [1.54, 1.807) is 14.2 Å². The zero-order valence-electron chi connectivity index (χ0n) is 14.1. The van der Waals surface area contributed by atoms with Crippen molar-refractivity contribution in [3.05, 3.63) is 53.9 Å². The molecule has 1 fully saturated rings. The second kappa shape index (κ2) is 8.87. The van der Waals surface area contributed by atoms with Crippen molar-refractivity contribution in [2.75, 3.05) is 33.9 Å². The number of hydrogen-bond acceptors (Lipinski definition) is 5. The van der Waals surface area contributed by atoms with Crippen molar-refractivity contribution in [2.24, 2.45) is 0 Å². The first-order valence-electron chi connectivity index (χ1n) is 7.87. The Balaban J connectivity index is 0.00000208. The molecule has 0 saturated carbocycles. The maximum atomic E-state index is 5.38. The number of pyridine rings is 1. The van der Waals surface area contributed by atoms with Crippen LogP contribution in [0.15, 0.2) is 42.7 Å². The van der Waals surface area contributed by atoms with Crippen molar-refractivity contribution >= 4 is 12.4 Å². The molecular formula is C18H24ClN3O2. The van der Waals surface area contributed by atoms with Crippen LogP contribution in [0.5, 0.6) is 11.5 Å². The number of rotatable bonds is 5. The number of halogens is 1. The van der Waals surface area contributed by atoms with E-state index in [1.807, 2.05) is 24.5 Å². The van der Waals surface area contributed by atoms with Gasteiger partial charge in [-0.2, -0.15) is 0 Å². The molecule has 24 heavy (non-hydrogen) atoms. The molecule has 3 rings (SSSR count). The smallest absolute Gasteiger partial charge is 0.122 e. The first-order valence-corrected chi connectivity index (χ1v) is 7.87. The number of aromatic nitrogens is 1. The summed E-state index contributed by atoms with van der Waals surface area (Å²) in [5.74, 6) is 1.65. The molecule has 1 aliphatic rings. The highest BCUT2D eigenvalue weighted by atomic mass is 35.5. The molecule has 0 radical (unpaired) electrons. The highest BCUT2D eigenvalue weighted by molar-refractivity contribution is 5.85. The summed E-state index contributed by atoms with van der Waals surface area (Å²) in [5.41, 5.74) is 2.44. The van der Waals surface area contributed by atoms with Crippen molar-refractivity contribution in [1.29, 1.82) is 0 Å². The van der Waals surface area contributed by atoms with Gasteiger partial charge in [0.25, 0.3) is 0 Å². The fourth-order valence-corrected chi connectivity index (χ4v) is 3.03. The molecule has 1 unspecified atom stereocenters. The first-order chi connectivity index (χ1) is 11.3. The Morgan fingerprint density at radius 1 is 1.21 bits per heavy atom. The van der Waals surface area contributed by atoms with E-state index in [-0.39, 0.29) is 12.4 Å². The summed E-state index contributed by atoms with van der Waals surface area (Å²) in [7, 11) is 3.36. The van der Waals surface area contributed by atoms with Gasteiger partial charge in [0.2, 0.25) is 0 Å². The van der Waals surface area contributed by atoms with E-state index < -0.39 is 0 Å². The lowest BCUT2D eigenvalue weighted by Gasteiger charge is -2.36. The Labute approximate surface area is 149 Å². The van der Waals surface area contributed by atoms with Crippen LogP contribution in [0.1, 0.15) is 17.2 Å². The number of hydrogen-bond donors (Lipinski definition) is 1. The normalized spacial score (nSPS) is 17.8. The largest absolute Gasteiger partial charge is 0.497 e. The van der Waals surface area contributed by atoms with Gasteiger partial charge in [-0.05, 0) is 29.3 Å². The van der Waals surface area contributed by atoms with Crippen molar-refractivity contribution in [3.8, 4) is 11.5 Å². The van der Waals surface area contributed by atoms with E-state index in [0.717, 1.165) is 37.7 Å². The Bertz CT molecular complexity index is 617. The van der Waals surface area contributed by atoms with Crippen LogP contribution in [0.3, 0.4) is 0 Å². The van der Waals surface area contributed by atoms with Gasteiger partial charge in [0.1, 0.15) is 11.5 Å². The van der Waals surface area contributed by atoms with Gasteiger partial charge in [-0.1, -0.05) is 6.07 Å². The highest BCUT2D eigenvalue weighted by Crippen LogP contribution is 2.27. The molecule has 0 aliphatic carbocycles. The Morgan fingerprint density at radius 3 is 2.58 bits per heavy atom. The van der Waals surface area contributed by atoms with Gasteiger partial charge >= 0.3 is 0 Å². The third kappa shape index (κ3) is 4.38. The molecule has 1 aliphatic heterocycles. The Kier molecular flexibility index (Phi) is 6.85. The van der Waals surface area contributed by atoms with Crippen LogP contribution in [0.4, 0.5) is 0 Å². The van der Waals surface area contributed by atoms with Crippen LogP contribution >= 0.6 is 12.4 Å². The number of ether oxygens (including phenoxy) is 2. The average molecular weight is 350 g/mol. The minimum atomic E-state index is 0. The zero-order chi connectivity index (χ0) is 16.1. The summed E-state index contributed by atoms with van der Waals surface area (Å²) < 4.78 is 10.8. The molecule has 130 valence electrons. The van der Waals surface area contributed by atoms with Gasteiger partial charge in [0, 0.05) is 50.7 Å². The van der Waals surface area contributed by atoms with E-state index in [0.29, 0.717) is 6.04 Å². The van der Waals surface area contributed by atoms with Crippen molar-refractivity contribution in [1.82, 2.24) is 15.2 Å². The predicted octanol–water partition coefficient (Wildman–Crippen LogP) is 2.67. The van der Waals surface area contributed by atoms with Gasteiger partial charge in [0.05, 0.1) is 14.2 Å². The van der Waals surface area contributed by atoms with E-state index in [1.165, 1.54) is 11.1 Å². The number of nitrogens with one attached hydrogen (secondary N) is 1. The average Bonchev–Trinajstić information content (AvgIpc) is 2.62. The summed E-state index contributed by atoms with van der Waals surface area (Å²) in [6.07, 6.45) is 3.77. The standard InChI is InChI=1S/C18H23N3O2.ClH/c1-22-16-8-14(9-17(10-16)23-2)13-21-7-6-20-12-18(21)15-4-3-5-19-11-15;/h3-5,8-11,18,20H,6-7,12-13H2,1-2H3;1H. The summed E-state index contributed by atoms with van der Waals surface area (Å²) >= 11 is 0. The number of methoxy groups -OCH3 is 2. The fourth-order valence-electron chi connectivity index (χ4n) is 3.03. The van der Waals surface area contributed by atoms with Gasteiger partial charge < -0.3 is 14.8 Å². The molecule has 5 nitrogen and oxygen atoms in total. The number of piperazine rings is 1. The minimum absolute atomic E-state index is 0. The molecule has 6 heteroatoms. The molecule has 0 amide bonds. The number of nitrogens with zero attached hydrogens (tertiary/aromatic N) is 2. The Hall–Kier alpha value is -1.82. The topological polar surface area (TPSA) is 46.6 Å². The summed E-state index contributed by atoms with van der Waals surface area (Å²) in [6.45, 7) is 3.79. The monoisotopic (exact) mass is 349 g/mol. The van der Waals surface area contributed by atoms with Crippen molar-refractivity contribution < 1.29 is 9.47 Å². The predicted molar refractivity (Wildman–Crippen MR) is 97.1 cm³/mol. The van der Waals surface area contributed by atoms with Crippen molar-refractivity contribution in [3.63, 3.8) is 0 Å². The summed E-state index contributed by atoms with van der Waals surface area (Å²) in [5, 5.41) is 3.48. The second-order valence-corrected chi connectivity index (χ2v) is 5.70. The SMILES string of the molecule is COc1cc(CN2CCNCC2c2cccnc2)cc(OC)c1.Cl. The molecule has 1 aromatic carbocycles. The lowest BCUT2D eigenvalue weighted by atomic mass is 10.0. The van der Waals surface area contributed by atoms with E-state index in [4.69, 9.17) is 9.47 Å². The van der Waals surface area contributed by atoms with Crippen LogP contribution < -0.4 is 14.8 Å². The lowest BCUT2D eigenvalue weighted by Crippen LogP contribution is -2.45. The molecule has 1 saturated heterocycles. The molecule has 0 bridgehead atoms. The van der Waals surface area contributed by atoms with Crippen LogP contribution in [0.25, 0.3) is 0 Å². The second-order valence-electron chi connectivity index (χ2n) is 5.70. The van der Waals surface area contributed by atoms with E-state index in [9.17, 15) is 0 Å². The zero-order valence-corrected chi connectivity index (χ0v) is 14.9. The molecule has 1 atom stereocenters. The number of benzene rings is 1. The lowest BCUT2D eigenvalue weighted by molar-refractivity contribution is 0.153. The van der Waals surface area contributed by atoms with Gasteiger partial charge in [-0.15, -0.1) is 12.4 Å². The van der Waals surface area contributed by atoms with E-state index in [2.05, 4.69) is 33.4 Å². The third-order valence-electron chi connectivity index (χ3n) is 4.22. The molecular weight excluding hydrogens is 326 g/mol. The summed E-state index contributed by atoms with van der Waals surface area (Å²) in [6, 6.07) is 10.5. The highest BCUT2D eigenvalue weighted by Gasteiger charge is 2.24. The molecule has 1 N–H and O–H groups in total. The van der Waals surface area contributed by atoms with Gasteiger partial charge in [-0.3, -0.25) is 9.88 Å². The van der Waals surface area contributed by atoms with Crippen LogP contribution in [0.2, 0.25) is 0 Å². The quantitative estimate of drug-likeness (QED) is 0.899. The van der Waals surface area contributed by atoms with Crippen LogP contribution in [-0.4, -0.2) is 43.7 Å². The van der Waals surface area contributed by atoms with E-state index >= 15 is 0 Å².